The number of carbonyl (C=O) groups excluding carboxylic acids is 1. The van der Waals surface area contributed by atoms with E-state index < -0.39 is 32.6 Å². The SMILES string of the molecule is C[C@H](NC(=O)C1CCN(S(=O)(=O)c2cccc(C(F)(F)F)c2)CC1)c1ccc2c(c1)OCCO2. The number of carbonyl (C=O) groups is 1. The maximum Gasteiger partial charge on any atom is 0.416 e. The third-order valence-corrected chi connectivity index (χ3v) is 7.94. The highest BCUT2D eigenvalue weighted by Gasteiger charge is 2.35. The summed E-state index contributed by atoms with van der Waals surface area (Å²) < 4.78 is 76.9. The molecule has 2 aliphatic rings. The molecule has 0 bridgehead atoms. The van der Waals surface area contributed by atoms with Crippen molar-refractivity contribution in [3.63, 3.8) is 0 Å². The zero-order valence-electron chi connectivity index (χ0n) is 18.5. The quantitative estimate of drug-likeness (QED) is 0.679. The first-order valence-corrected chi connectivity index (χ1v) is 12.4. The monoisotopic (exact) mass is 498 g/mol. The Hall–Kier alpha value is -2.79. The molecule has 1 amide bonds. The summed E-state index contributed by atoms with van der Waals surface area (Å²) in [6, 6.07) is 8.88. The molecule has 0 aromatic heterocycles. The first kappa shape index (κ1) is 24.3. The van der Waals surface area contributed by atoms with Crippen molar-refractivity contribution < 1.29 is 35.9 Å². The van der Waals surface area contributed by atoms with Gasteiger partial charge in [0.15, 0.2) is 11.5 Å². The minimum absolute atomic E-state index is 0.0507. The average molecular weight is 499 g/mol. The van der Waals surface area contributed by atoms with Crippen LogP contribution in [0.15, 0.2) is 47.4 Å². The smallest absolute Gasteiger partial charge is 0.416 e. The van der Waals surface area contributed by atoms with Crippen LogP contribution in [0.25, 0.3) is 0 Å². The van der Waals surface area contributed by atoms with Crippen molar-refractivity contribution >= 4 is 15.9 Å². The Morgan fingerprint density at radius 2 is 1.74 bits per heavy atom. The fourth-order valence-electron chi connectivity index (χ4n) is 4.08. The maximum atomic E-state index is 13.0. The summed E-state index contributed by atoms with van der Waals surface area (Å²) in [5, 5.41) is 2.95. The Kier molecular flexibility index (Phi) is 6.77. The number of fused-ring (bicyclic) bond motifs is 1. The van der Waals surface area contributed by atoms with E-state index in [9.17, 15) is 26.4 Å². The van der Waals surface area contributed by atoms with E-state index in [0.29, 0.717) is 30.8 Å². The summed E-state index contributed by atoms with van der Waals surface area (Å²) >= 11 is 0. The molecular weight excluding hydrogens is 473 g/mol. The fourth-order valence-corrected chi connectivity index (χ4v) is 5.60. The Morgan fingerprint density at radius 3 is 2.41 bits per heavy atom. The predicted octanol–water partition coefficient (Wildman–Crippen LogP) is 3.75. The van der Waals surface area contributed by atoms with Gasteiger partial charge in [-0.2, -0.15) is 17.5 Å². The number of benzene rings is 2. The molecule has 7 nitrogen and oxygen atoms in total. The molecule has 0 spiro atoms. The van der Waals surface area contributed by atoms with Crippen LogP contribution in [-0.2, 0) is 21.0 Å². The summed E-state index contributed by atoms with van der Waals surface area (Å²) in [5.41, 5.74) is -0.168. The lowest BCUT2D eigenvalue weighted by molar-refractivity contribution is -0.137. The highest BCUT2D eigenvalue weighted by Crippen LogP contribution is 2.34. The number of hydrogen-bond donors (Lipinski definition) is 1. The number of alkyl halides is 3. The minimum atomic E-state index is -4.63. The van der Waals surface area contributed by atoms with Crippen LogP contribution in [0.1, 0.15) is 36.9 Å². The van der Waals surface area contributed by atoms with E-state index in [1.165, 1.54) is 0 Å². The van der Waals surface area contributed by atoms with Gasteiger partial charge < -0.3 is 14.8 Å². The van der Waals surface area contributed by atoms with E-state index in [2.05, 4.69) is 5.32 Å². The number of halogens is 3. The highest BCUT2D eigenvalue weighted by atomic mass is 32.2. The van der Waals surface area contributed by atoms with Gasteiger partial charge >= 0.3 is 6.18 Å². The van der Waals surface area contributed by atoms with Crippen LogP contribution in [0.3, 0.4) is 0 Å². The van der Waals surface area contributed by atoms with Crippen molar-refractivity contribution in [2.75, 3.05) is 26.3 Å². The molecule has 4 rings (SSSR count). The first-order chi connectivity index (χ1) is 16.1. The predicted molar refractivity (Wildman–Crippen MR) is 117 cm³/mol. The fraction of sp³-hybridized carbons (Fsp3) is 0.435. The van der Waals surface area contributed by atoms with Crippen LogP contribution in [0.4, 0.5) is 13.2 Å². The number of sulfonamides is 1. The molecule has 2 aromatic carbocycles. The molecule has 1 saturated heterocycles. The van der Waals surface area contributed by atoms with E-state index in [4.69, 9.17) is 9.47 Å². The zero-order valence-corrected chi connectivity index (χ0v) is 19.3. The molecule has 0 saturated carbocycles. The van der Waals surface area contributed by atoms with Gasteiger partial charge in [0.2, 0.25) is 15.9 Å². The van der Waals surface area contributed by atoms with Crippen LogP contribution >= 0.6 is 0 Å². The molecule has 34 heavy (non-hydrogen) atoms. The number of ether oxygens (including phenoxy) is 2. The number of piperidine rings is 1. The molecule has 2 aromatic rings. The summed E-state index contributed by atoms with van der Waals surface area (Å²) in [6.45, 7) is 2.89. The van der Waals surface area contributed by atoms with Crippen LogP contribution in [0, 0.1) is 5.92 Å². The van der Waals surface area contributed by atoms with Gasteiger partial charge in [-0.15, -0.1) is 0 Å². The van der Waals surface area contributed by atoms with Crippen molar-refractivity contribution in [3.8, 4) is 11.5 Å². The van der Waals surface area contributed by atoms with Crippen molar-refractivity contribution in [1.82, 2.24) is 9.62 Å². The number of amides is 1. The molecule has 2 aliphatic heterocycles. The average Bonchev–Trinajstić information content (AvgIpc) is 2.83. The lowest BCUT2D eigenvalue weighted by Crippen LogP contribution is -2.43. The standard InChI is InChI=1S/C23H25F3N2O5S/c1-15(17-5-6-20-21(13-17)33-12-11-32-20)27-22(29)16-7-9-28(10-8-16)34(30,31)19-4-2-3-18(14-19)23(24,25)26/h2-6,13-16H,7-12H2,1H3,(H,27,29)/t15-/m0/s1. The van der Waals surface area contributed by atoms with Gasteiger partial charge in [-0.3, -0.25) is 4.79 Å². The molecule has 184 valence electrons. The Morgan fingerprint density at radius 1 is 1.06 bits per heavy atom. The van der Waals surface area contributed by atoms with Crippen molar-refractivity contribution in [2.24, 2.45) is 5.92 Å². The second kappa shape index (κ2) is 9.46. The van der Waals surface area contributed by atoms with Gasteiger partial charge in [0, 0.05) is 19.0 Å². The van der Waals surface area contributed by atoms with E-state index in [1.54, 1.807) is 6.07 Å². The summed E-state index contributed by atoms with van der Waals surface area (Å²) in [6.07, 6.45) is -4.08. The van der Waals surface area contributed by atoms with Gasteiger partial charge in [-0.1, -0.05) is 12.1 Å². The third-order valence-electron chi connectivity index (χ3n) is 6.05. The topological polar surface area (TPSA) is 84.9 Å². The molecule has 0 unspecified atom stereocenters. The molecule has 1 fully saturated rings. The largest absolute Gasteiger partial charge is 0.486 e. The van der Waals surface area contributed by atoms with Crippen LogP contribution in [0.2, 0.25) is 0 Å². The van der Waals surface area contributed by atoms with Crippen molar-refractivity contribution in [2.45, 2.75) is 36.9 Å². The van der Waals surface area contributed by atoms with E-state index in [-0.39, 0.29) is 37.9 Å². The van der Waals surface area contributed by atoms with Crippen LogP contribution < -0.4 is 14.8 Å². The van der Waals surface area contributed by atoms with Gasteiger partial charge in [-0.05, 0) is 55.7 Å². The normalized spacial score (nSPS) is 18.4. The molecule has 1 atom stereocenters. The molecule has 2 heterocycles. The molecule has 1 N–H and O–H groups in total. The number of hydrogen-bond acceptors (Lipinski definition) is 5. The number of rotatable bonds is 5. The van der Waals surface area contributed by atoms with Crippen LogP contribution in [-0.4, -0.2) is 44.9 Å². The molecular formula is C23H25F3N2O5S. The highest BCUT2D eigenvalue weighted by molar-refractivity contribution is 7.89. The number of nitrogens with one attached hydrogen (secondary N) is 1. The van der Waals surface area contributed by atoms with E-state index >= 15 is 0 Å². The zero-order chi connectivity index (χ0) is 24.5. The first-order valence-electron chi connectivity index (χ1n) is 10.9. The van der Waals surface area contributed by atoms with Gasteiger partial charge in [0.25, 0.3) is 0 Å². The van der Waals surface area contributed by atoms with E-state index in [0.717, 1.165) is 28.1 Å². The minimum Gasteiger partial charge on any atom is -0.486 e. The lowest BCUT2D eigenvalue weighted by Gasteiger charge is -2.31. The van der Waals surface area contributed by atoms with E-state index in [1.807, 2.05) is 19.1 Å². The van der Waals surface area contributed by atoms with Gasteiger partial charge in [0.1, 0.15) is 13.2 Å². The second-order valence-corrected chi connectivity index (χ2v) is 10.3. The second-order valence-electron chi connectivity index (χ2n) is 8.34. The van der Waals surface area contributed by atoms with Crippen molar-refractivity contribution in [3.05, 3.63) is 53.6 Å². The van der Waals surface area contributed by atoms with Gasteiger partial charge in [0.05, 0.1) is 16.5 Å². The van der Waals surface area contributed by atoms with Gasteiger partial charge in [-0.25, -0.2) is 8.42 Å². The number of nitrogens with zero attached hydrogens (tertiary/aromatic N) is 1. The Bertz CT molecular complexity index is 1160. The lowest BCUT2D eigenvalue weighted by atomic mass is 9.96. The Labute approximate surface area is 195 Å². The summed E-state index contributed by atoms with van der Waals surface area (Å²) in [7, 11) is -4.09. The maximum absolute atomic E-state index is 13.0. The summed E-state index contributed by atoms with van der Waals surface area (Å²) in [5.74, 6) is 0.687. The third kappa shape index (κ3) is 5.15. The molecule has 0 aliphatic carbocycles. The van der Waals surface area contributed by atoms with Crippen LogP contribution in [0.5, 0.6) is 11.5 Å². The van der Waals surface area contributed by atoms with Crippen molar-refractivity contribution in [1.29, 1.82) is 0 Å². The molecule has 11 heteroatoms. The summed E-state index contributed by atoms with van der Waals surface area (Å²) in [4.78, 5) is 12.4. The molecule has 0 radical (unpaired) electrons. The Balaban J connectivity index is 1.36.